The molecular weight excluding hydrogens is 394 g/mol. The van der Waals surface area contributed by atoms with E-state index in [-0.39, 0.29) is 11.8 Å². The van der Waals surface area contributed by atoms with Gasteiger partial charge < -0.3 is 5.32 Å². The van der Waals surface area contributed by atoms with Crippen LogP contribution in [0.1, 0.15) is 24.8 Å². The molecule has 2 N–H and O–H groups in total. The molecular formula is C20H21N3O3S2. The van der Waals surface area contributed by atoms with Gasteiger partial charge in [0, 0.05) is 16.6 Å². The van der Waals surface area contributed by atoms with E-state index in [0.717, 1.165) is 23.1 Å². The first-order valence-electron chi connectivity index (χ1n) is 8.75. The summed E-state index contributed by atoms with van der Waals surface area (Å²) in [4.78, 5) is 17.1. The van der Waals surface area contributed by atoms with E-state index in [9.17, 15) is 13.2 Å². The first-order chi connectivity index (χ1) is 13.4. The Balaban J connectivity index is 1.71. The lowest BCUT2D eigenvalue weighted by atomic mass is 9.96. The number of carbonyl (C=O) groups excluding carboxylic acids is 1. The van der Waals surface area contributed by atoms with Gasteiger partial charge in [-0.15, -0.1) is 11.3 Å². The number of nitrogens with one attached hydrogen (secondary N) is 2. The molecule has 3 aromatic rings. The van der Waals surface area contributed by atoms with Crippen LogP contribution in [-0.4, -0.2) is 25.6 Å². The second kappa shape index (κ2) is 8.53. The Morgan fingerprint density at radius 3 is 2.39 bits per heavy atom. The highest BCUT2D eigenvalue weighted by Gasteiger charge is 2.19. The normalized spacial score (nSPS) is 12.4. The van der Waals surface area contributed by atoms with Gasteiger partial charge in [-0.1, -0.05) is 49.4 Å². The van der Waals surface area contributed by atoms with Crippen LogP contribution in [0.25, 0.3) is 11.3 Å². The van der Waals surface area contributed by atoms with Crippen LogP contribution in [0.5, 0.6) is 0 Å². The number of anilines is 2. The fourth-order valence-corrected chi connectivity index (χ4v) is 4.12. The van der Waals surface area contributed by atoms with Crippen LogP contribution in [0.3, 0.4) is 0 Å². The number of hydrogen-bond donors (Lipinski definition) is 2. The molecule has 0 bridgehead atoms. The summed E-state index contributed by atoms with van der Waals surface area (Å²) in [5, 5.41) is 5.29. The lowest BCUT2D eigenvalue weighted by Crippen LogP contribution is -2.20. The molecule has 28 heavy (non-hydrogen) atoms. The van der Waals surface area contributed by atoms with Crippen molar-refractivity contribution in [1.29, 1.82) is 0 Å². The predicted molar refractivity (Wildman–Crippen MR) is 114 cm³/mol. The molecule has 2 aromatic carbocycles. The van der Waals surface area contributed by atoms with Crippen LogP contribution in [0, 0.1) is 0 Å². The predicted octanol–water partition coefficient (Wildman–Crippen LogP) is 4.31. The molecule has 1 amide bonds. The van der Waals surface area contributed by atoms with Gasteiger partial charge in [0.1, 0.15) is 0 Å². The number of aromatic nitrogens is 1. The zero-order chi connectivity index (χ0) is 20.1. The summed E-state index contributed by atoms with van der Waals surface area (Å²) < 4.78 is 25.0. The highest BCUT2D eigenvalue weighted by Crippen LogP contribution is 2.28. The standard InChI is InChI=1S/C20H21N3O3S2/c1-3-17(14-7-5-4-6-8-14)19(24)22-20-21-18(13-27-20)15-9-11-16(12-10-15)23-28(2,25)26/h4-13,17,23H,3H2,1-2H3,(H,21,22,24). The van der Waals surface area contributed by atoms with Gasteiger partial charge in [-0.2, -0.15) is 0 Å². The van der Waals surface area contributed by atoms with E-state index >= 15 is 0 Å². The fraction of sp³-hybridized carbons (Fsp3) is 0.200. The van der Waals surface area contributed by atoms with Crippen molar-refractivity contribution in [2.45, 2.75) is 19.3 Å². The number of thiazole rings is 1. The van der Waals surface area contributed by atoms with Crippen molar-refractivity contribution in [2.75, 3.05) is 16.3 Å². The van der Waals surface area contributed by atoms with Gasteiger partial charge in [-0.05, 0) is 24.1 Å². The van der Waals surface area contributed by atoms with Gasteiger partial charge in [0.25, 0.3) is 0 Å². The minimum absolute atomic E-state index is 0.0812. The van der Waals surface area contributed by atoms with Crippen molar-refractivity contribution in [1.82, 2.24) is 4.98 Å². The van der Waals surface area contributed by atoms with Crippen LogP contribution in [-0.2, 0) is 14.8 Å². The van der Waals surface area contributed by atoms with E-state index < -0.39 is 10.0 Å². The quantitative estimate of drug-likeness (QED) is 0.602. The third kappa shape index (κ3) is 5.17. The Labute approximate surface area is 168 Å². The molecule has 146 valence electrons. The molecule has 6 nitrogen and oxygen atoms in total. The lowest BCUT2D eigenvalue weighted by molar-refractivity contribution is -0.117. The van der Waals surface area contributed by atoms with Gasteiger partial charge >= 0.3 is 0 Å². The monoisotopic (exact) mass is 415 g/mol. The van der Waals surface area contributed by atoms with Crippen LogP contribution in [0.4, 0.5) is 10.8 Å². The smallest absolute Gasteiger partial charge is 0.233 e. The van der Waals surface area contributed by atoms with Gasteiger partial charge in [0.05, 0.1) is 17.9 Å². The average molecular weight is 416 g/mol. The van der Waals surface area contributed by atoms with E-state index in [1.807, 2.05) is 42.6 Å². The van der Waals surface area contributed by atoms with Crippen molar-refractivity contribution in [3.63, 3.8) is 0 Å². The Hall–Kier alpha value is -2.71. The van der Waals surface area contributed by atoms with E-state index in [1.54, 1.807) is 24.3 Å². The van der Waals surface area contributed by atoms with E-state index in [0.29, 0.717) is 17.2 Å². The summed E-state index contributed by atoms with van der Waals surface area (Å²) in [6, 6.07) is 16.6. The number of rotatable bonds is 7. The number of hydrogen-bond acceptors (Lipinski definition) is 5. The van der Waals surface area contributed by atoms with Crippen LogP contribution in [0.15, 0.2) is 60.0 Å². The number of carbonyl (C=O) groups is 1. The molecule has 0 aliphatic heterocycles. The van der Waals surface area contributed by atoms with Crippen molar-refractivity contribution in [3.05, 3.63) is 65.5 Å². The van der Waals surface area contributed by atoms with Crippen molar-refractivity contribution in [2.24, 2.45) is 0 Å². The molecule has 8 heteroatoms. The van der Waals surface area contributed by atoms with E-state index in [1.165, 1.54) is 11.3 Å². The van der Waals surface area contributed by atoms with Crippen LogP contribution < -0.4 is 10.0 Å². The summed E-state index contributed by atoms with van der Waals surface area (Å²) in [7, 11) is -3.31. The molecule has 1 atom stereocenters. The highest BCUT2D eigenvalue weighted by molar-refractivity contribution is 7.92. The number of nitrogens with zero attached hydrogens (tertiary/aromatic N) is 1. The van der Waals surface area contributed by atoms with E-state index in [4.69, 9.17) is 0 Å². The minimum atomic E-state index is -3.31. The minimum Gasteiger partial charge on any atom is -0.301 e. The lowest BCUT2D eigenvalue weighted by Gasteiger charge is -2.14. The Bertz CT molecular complexity index is 1050. The SMILES string of the molecule is CCC(C(=O)Nc1nc(-c2ccc(NS(C)(=O)=O)cc2)cs1)c1ccccc1. The van der Waals surface area contributed by atoms with Crippen molar-refractivity contribution >= 4 is 38.1 Å². The Morgan fingerprint density at radius 1 is 1.11 bits per heavy atom. The maximum absolute atomic E-state index is 12.7. The maximum atomic E-state index is 12.7. The zero-order valence-corrected chi connectivity index (χ0v) is 17.2. The fourth-order valence-electron chi connectivity index (χ4n) is 2.84. The summed E-state index contributed by atoms with van der Waals surface area (Å²) in [5.74, 6) is -0.308. The molecule has 0 aliphatic carbocycles. The first kappa shape index (κ1) is 20.0. The topological polar surface area (TPSA) is 88.2 Å². The molecule has 0 fully saturated rings. The van der Waals surface area contributed by atoms with E-state index in [2.05, 4.69) is 15.0 Å². The van der Waals surface area contributed by atoms with Crippen LogP contribution in [0.2, 0.25) is 0 Å². The summed E-state index contributed by atoms with van der Waals surface area (Å²) in [6.45, 7) is 1.98. The number of amides is 1. The third-order valence-corrected chi connectivity index (χ3v) is 5.51. The summed E-state index contributed by atoms with van der Waals surface area (Å²) in [6.07, 6.45) is 1.80. The molecule has 0 aliphatic rings. The Morgan fingerprint density at radius 2 is 1.79 bits per heavy atom. The van der Waals surface area contributed by atoms with Crippen LogP contribution >= 0.6 is 11.3 Å². The molecule has 0 saturated carbocycles. The first-order valence-corrected chi connectivity index (χ1v) is 11.5. The molecule has 0 radical (unpaired) electrons. The summed E-state index contributed by atoms with van der Waals surface area (Å²) >= 11 is 1.36. The van der Waals surface area contributed by atoms with Gasteiger partial charge in [0.15, 0.2) is 5.13 Å². The van der Waals surface area contributed by atoms with Gasteiger partial charge in [0.2, 0.25) is 15.9 Å². The molecule has 3 rings (SSSR count). The molecule has 0 saturated heterocycles. The third-order valence-electron chi connectivity index (χ3n) is 4.14. The van der Waals surface area contributed by atoms with Crippen molar-refractivity contribution < 1.29 is 13.2 Å². The molecule has 1 heterocycles. The molecule has 1 unspecified atom stereocenters. The number of sulfonamides is 1. The summed E-state index contributed by atoms with van der Waals surface area (Å²) in [5.41, 5.74) is 3.03. The average Bonchev–Trinajstić information content (AvgIpc) is 3.11. The van der Waals surface area contributed by atoms with Gasteiger partial charge in [-0.3, -0.25) is 9.52 Å². The second-order valence-corrected chi connectivity index (χ2v) is 8.96. The zero-order valence-electron chi connectivity index (χ0n) is 15.5. The molecule has 0 spiro atoms. The maximum Gasteiger partial charge on any atom is 0.233 e. The molecule has 1 aromatic heterocycles. The second-order valence-electron chi connectivity index (χ2n) is 6.35. The van der Waals surface area contributed by atoms with Gasteiger partial charge in [-0.25, -0.2) is 13.4 Å². The Kier molecular flexibility index (Phi) is 6.11. The number of benzene rings is 2. The largest absolute Gasteiger partial charge is 0.301 e. The van der Waals surface area contributed by atoms with Crippen molar-refractivity contribution in [3.8, 4) is 11.3 Å². The highest BCUT2D eigenvalue weighted by atomic mass is 32.2.